The summed E-state index contributed by atoms with van der Waals surface area (Å²) < 4.78 is 5.47. The van der Waals surface area contributed by atoms with Crippen LogP contribution in [0.15, 0.2) is 29.6 Å². The van der Waals surface area contributed by atoms with E-state index in [1.807, 2.05) is 24.3 Å². The van der Waals surface area contributed by atoms with Gasteiger partial charge >= 0.3 is 0 Å². The maximum Gasteiger partial charge on any atom is 0.270 e. The molecule has 2 aliphatic rings. The van der Waals surface area contributed by atoms with E-state index >= 15 is 0 Å². The van der Waals surface area contributed by atoms with Crippen LogP contribution in [0.25, 0.3) is 0 Å². The number of para-hydroxylation sites is 2. The third-order valence-corrected chi connectivity index (χ3v) is 5.88. The number of aromatic nitrogens is 1. The van der Waals surface area contributed by atoms with E-state index in [9.17, 15) is 9.59 Å². The number of carbonyl (C=O) groups excluding carboxylic acids is 2. The van der Waals surface area contributed by atoms with E-state index < -0.39 is 0 Å². The predicted molar refractivity (Wildman–Crippen MR) is 108 cm³/mol. The van der Waals surface area contributed by atoms with Crippen molar-refractivity contribution in [2.45, 2.75) is 25.8 Å². The number of nitrogens with one attached hydrogen (secondary N) is 1. The first kappa shape index (κ1) is 18.9. The quantitative estimate of drug-likeness (QED) is 0.805. The van der Waals surface area contributed by atoms with Crippen molar-refractivity contribution >= 4 is 28.8 Å². The molecule has 8 heteroatoms. The summed E-state index contributed by atoms with van der Waals surface area (Å²) in [5.41, 5.74) is 1.15. The van der Waals surface area contributed by atoms with E-state index in [0.29, 0.717) is 24.5 Å². The van der Waals surface area contributed by atoms with Gasteiger partial charge in [-0.2, -0.15) is 0 Å². The number of likely N-dealkylation sites (tertiary alicyclic amines) is 1. The highest BCUT2D eigenvalue weighted by molar-refractivity contribution is 7.09. The van der Waals surface area contributed by atoms with Gasteiger partial charge in [0.15, 0.2) is 6.61 Å². The molecule has 1 fully saturated rings. The van der Waals surface area contributed by atoms with Gasteiger partial charge in [-0.3, -0.25) is 14.5 Å². The Morgan fingerprint density at radius 1 is 1.21 bits per heavy atom. The molecule has 0 radical (unpaired) electrons. The molecule has 0 spiro atoms. The zero-order valence-corrected chi connectivity index (χ0v) is 16.5. The van der Waals surface area contributed by atoms with Crippen LogP contribution in [0.3, 0.4) is 0 Å². The first-order valence-corrected chi connectivity index (χ1v) is 10.6. The lowest BCUT2D eigenvalue weighted by molar-refractivity contribution is -0.121. The summed E-state index contributed by atoms with van der Waals surface area (Å²) in [4.78, 5) is 33.1. The van der Waals surface area contributed by atoms with Crippen LogP contribution < -0.4 is 15.0 Å². The molecule has 0 unspecified atom stereocenters. The van der Waals surface area contributed by atoms with Crippen molar-refractivity contribution in [2.75, 3.05) is 37.7 Å². The van der Waals surface area contributed by atoms with Crippen molar-refractivity contribution in [3.8, 4) is 5.75 Å². The second-order valence-corrected chi connectivity index (χ2v) is 7.96. The zero-order chi connectivity index (χ0) is 19.3. The number of anilines is 1. The number of hydrogen-bond acceptors (Lipinski definition) is 6. The number of rotatable bonds is 6. The van der Waals surface area contributed by atoms with E-state index in [-0.39, 0.29) is 18.4 Å². The number of hydrogen-bond donors (Lipinski definition) is 1. The molecule has 3 heterocycles. The third-order valence-electron chi connectivity index (χ3n) is 5.05. The molecule has 28 heavy (non-hydrogen) atoms. The number of carbonyl (C=O) groups is 2. The van der Waals surface area contributed by atoms with Crippen LogP contribution in [0.2, 0.25) is 0 Å². The number of fused-ring (bicyclic) bond motifs is 1. The monoisotopic (exact) mass is 400 g/mol. The maximum absolute atomic E-state index is 12.4. The summed E-state index contributed by atoms with van der Waals surface area (Å²) in [5, 5.41) is 5.43. The molecule has 7 nitrogen and oxygen atoms in total. The van der Waals surface area contributed by atoms with E-state index in [1.165, 1.54) is 30.6 Å². The van der Waals surface area contributed by atoms with Crippen LogP contribution >= 0.6 is 11.3 Å². The van der Waals surface area contributed by atoms with Crippen LogP contribution in [-0.4, -0.2) is 54.5 Å². The van der Waals surface area contributed by atoms with E-state index in [0.717, 1.165) is 30.3 Å². The standard InChI is InChI=1S/C20H24N4O3S/c25-19-13-27-17-7-3-2-6-16(17)24(19)12-18-22-15(14-28-18)20(26)21-8-11-23-9-4-1-5-10-23/h2-3,6-7,14H,1,4-5,8-13H2,(H,21,26). The fourth-order valence-corrected chi connectivity index (χ4v) is 4.31. The van der Waals surface area contributed by atoms with Gasteiger partial charge in [0.05, 0.1) is 12.2 Å². The normalized spacial score (nSPS) is 17.1. The summed E-state index contributed by atoms with van der Waals surface area (Å²) >= 11 is 1.39. The van der Waals surface area contributed by atoms with Crippen LogP contribution in [0, 0.1) is 0 Å². The van der Waals surface area contributed by atoms with Crippen LogP contribution in [0.1, 0.15) is 34.8 Å². The Hall–Kier alpha value is -2.45. The van der Waals surface area contributed by atoms with E-state index in [4.69, 9.17) is 4.74 Å². The van der Waals surface area contributed by atoms with Crippen LogP contribution in [0.4, 0.5) is 5.69 Å². The number of thiazole rings is 1. The molecule has 0 saturated carbocycles. The smallest absolute Gasteiger partial charge is 0.270 e. The number of amides is 2. The summed E-state index contributed by atoms with van der Waals surface area (Å²) in [7, 11) is 0. The number of benzene rings is 1. The molecule has 0 bridgehead atoms. The summed E-state index contributed by atoms with van der Waals surface area (Å²) in [5.74, 6) is 0.420. The molecule has 2 aromatic rings. The number of nitrogens with zero attached hydrogens (tertiary/aromatic N) is 3. The molecular formula is C20H24N4O3S. The topological polar surface area (TPSA) is 74.8 Å². The Balaban J connectivity index is 1.34. The highest BCUT2D eigenvalue weighted by atomic mass is 32.1. The fraction of sp³-hybridized carbons (Fsp3) is 0.450. The Bertz CT molecular complexity index is 847. The van der Waals surface area contributed by atoms with Gasteiger partial charge in [0.25, 0.3) is 11.8 Å². The van der Waals surface area contributed by atoms with Crippen molar-refractivity contribution in [3.63, 3.8) is 0 Å². The molecule has 2 aliphatic heterocycles. The van der Waals surface area contributed by atoms with Crippen LogP contribution in [0.5, 0.6) is 5.75 Å². The molecule has 1 N–H and O–H groups in total. The molecule has 0 atom stereocenters. The minimum absolute atomic E-state index is 0.0201. The Morgan fingerprint density at radius 3 is 2.89 bits per heavy atom. The van der Waals surface area contributed by atoms with Gasteiger partial charge in [0, 0.05) is 18.5 Å². The molecule has 1 saturated heterocycles. The van der Waals surface area contributed by atoms with Crippen molar-refractivity contribution in [1.82, 2.24) is 15.2 Å². The summed E-state index contributed by atoms with van der Waals surface area (Å²) in [6.45, 7) is 4.09. The van der Waals surface area contributed by atoms with Gasteiger partial charge in [0.1, 0.15) is 16.5 Å². The lowest BCUT2D eigenvalue weighted by atomic mass is 10.1. The largest absolute Gasteiger partial charge is 0.482 e. The molecule has 4 rings (SSSR count). The third kappa shape index (κ3) is 4.34. The van der Waals surface area contributed by atoms with Crippen molar-refractivity contribution < 1.29 is 14.3 Å². The minimum Gasteiger partial charge on any atom is -0.482 e. The van der Waals surface area contributed by atoms with Crippen LogP contribution in [-0.2, 0) is 11.3 Å². The lowest BCUT2D eigenvalue weighted by Gasteiger charge is -2.28. The molecule has 0 aliphatic carbocycles. The predicted octanol–water partition coefficient (Wildman–Crippen LogP) is 2.28. The van der Waals surface area contributed by atoms with Crippen molar-refractivity contribution in [3.05, 3.63) is 40.3 Å². The average molecular weight is 401 g/mol. The van der Waals surface area contributed by atoms with E-state index in [1.54, 1.807) is 10.3 Å². The minimum atomic E-state index is -0.159. The molecular weight excluding hydrogens is 376 g/mol. The fourth-order valence-electron chi connectivity index (χ4n) is 3.55. The number of ether oxygens (including phenoxy) is 1. The highest BCUT2D eigenvalue weighted by Crippen LogP contribution is 2.32. The first-order chi connectivity index (χ1) is 13.7. The Labute approximate surface area is 168 Å². The van der Waals surface area contributed by atoms with E-state index in [2.05, 4.69) is 15.2 Å². The van der Waals surface area contributed by atoms with Crippen molar-refractivity contribution in [2.24, 2.45) is 0 Å². The van der Waals surface area contributed by atoms with Gasteiger partial charge in [-0.1, -0.05) is 18.6 Å². The van der Waals surface area contributed by atoms with Gasteiger partial charge in [-0.15, -0.1) is 11.3 Å². The highest BCUT2D eigenvalue weighted by Gasteiger charge is 2.26. The molecule has 2 amide bonds. The maximum atomic E-state index is 12.4. The van der Waals surface area contributed by atoms with Gasteiger partial charge in [-0.25, -0.2) is 4.98 Å². The van der Waals surface area contributed by atoms with Gasteiger partial charge < -0.3 is 15.0 Å². The number of piperidine rings is 1. The Kier molecular flexibility index (Phi) is 5.87. The van der Waals surface area contributed by atoms with Gasteiger partial charge in [0.2, 0.25) is 0 Å². The lowest BCUT2D eigenvalue weighted by Crippen LogP contribution is -2.38. The molecule has 148 valence electrons. The zero-order valence-electron chi connectivity index (χ0n) is 15.7. The SMILES string of the molecule is O=C(NCCN1CCCCC1)c1csc(CN2C(=O)COc3ccccc32)n1. The van der Waals surface area contributed by atoms with Gasteiger partial charge in [-0.05, 0) is 38.1 Å². The molecule has 1 aromatic heterocycles. The average Bonchev–Trinajstić information content (AvgIpc) is 3.20. The summed E-state index contributed by atoms with van der Waals surface area (Å²) in [6.07, 6.45) is 3.79. The van der Waals surface area contributed by atoms with Crippen molar-refractivity contribution in [1.29, 1.82) is 0 Å². The second kappa shape index (κ2) is 8.70. The second-order valence-electron chi connectivity index (χ2n) is 7.02. The summed E-state index contributed by atoms with van der Waals surface area (Å²) in [6, 6.07) is 7.45. The molecule has 1 aromatic carbocycles. The Morgan fingerprint density at radius 2 is 2.04 bits per heavy atom. The first-order valence-electron chi connectivity index (χ1n) is 9.68.